The molecule has 2 aromatic heterocycles. The topological polar surface area (TPSA) is 55.3 Å². The van der Waals surface area contributed by atoms with Gasteiger partial charge in [0, 0.05) is 24.9 Å². The van der Waals surface area contributed by atoms with Gasteiger partial charge >= 0.3 is 0 Å². The quantitative estimate of drug-likeness (QED) is 0.816. The lowest BCUT2D eigenvalue weighted by molar-refractivity contribution is -0.117. The summed E-state index contributed by atoms with van der Waals surface area (Å²) in [6.07, 6.45) is 0.496. The lowest BCUT2D eigenvalue weighted by atomic mass is 10.2. The van der Waals surface area contributed by atoms with Crippen LogP contribution in [0.25, 0.3) is 10.3 Å². The molecule has 1 amide bonds. The van der Waals surface area contributed by atoms with Gasteiger partial charge in [0.2, 0.25) is 11.8 Å². The predicted molar refractivity (Wildman–Crippen MR) is 75.1 cm³/mol. The van der Waals surface area contributed by atoms with Crippen LogP contribution in [0, 0.1) is 5.92 Å². The summed E-state index contributed by atoms with van der Waals surface area (Å²) in [5, 5.41) is 0.688. The summed E-state index contributed by atoms with van der Waals surface area (Å²) in [7, 11) is 1.57. The highest BCUT2D eigenvalue weighted by molar-refractivity contribution is 7.22. The molecule has 1 unspecified atom stereocenters. The number of methoxy groups -OCH3 is 1. The minimum Gasteiger partial charge on any atom is -0.481 e. The number of alkyl halides is 1. The lowest BCUT2D eigenvalue weighted by Crippen LogP contribution is -2.24. The number of ether oxygens (including phenoxy) is 1. The molecular formula is C12H12ClN3O2S. The van der Waals surface area contributed by atoms with E-state index in [0.717, 1.165) is 10.3 Å². The Morgan fingerprint density at radius 3 is 3.05 bits per heavy atom. The Morgan fingerprint density at radius 2 is 2.37 bits per heavy atom. The van der Waals surface area contributed by atoms with E-state index in [4.69, 9.17) is 16.3 Å². The SMILES string of the molecule is COc1ccc2nc(N3CC(CCl)CC3=O)sc2n1. The van der Waals surface area contributed by atoms with E-state index in [1.54, 1.807) is 18.1 Å². The summed E-state index contributed by atoms with van der Waals surface area (Å²) in [4.78, 5) is 23.2. The Balaban J connectivity index is 1.95. The Hall–Kier alpha value is -1.40. The predicted octanol–water partition coefficient (Wildman–Crippen LogP) is 2.29. The van der Waals surface area contributed by atoms with E-state index in [9.17, 15) is 4.79 Å². The van der Waals surface area contributed by atoms with Gasteiger partial charge in [0.05, 0.1) is 7.11 Å². The number of rotatable bonds is 3. The lowest BCUT2D eigenvalue weighted by Gasteiger charge is -2.11. The molecule has 7 heteroatoms. The van der Waals surface area contributed by atoms with Crippen molar-refractivity contribution in [2.24, 2.45) is 5.92 Å². The van der Waals surface area contributed by atoms with Gasteiger partial charge in [-0.3, -0.25) is 9.69 Å². The molecule has 100 valence electrons. The van der Waals surface area contributed by atoms with Crippen LogP contribution in [-0.2, 0) is 4.79 Å². The summed E-state index contributed by atoms with van der Waals surface area (Å²) in [6.45, 7) is 0.638. The Kier molecular flexibility index (Phi) is 3.28. The van der Waals surface area contributed by atoms with Gasteiger partial charge < -0.3 is 4.74 Å². The molecule has 5 nitrogen and oxygen atoms in total. The standard InChI is InChI=1S/C12H12ClN3O2S/c1-18-9-3-2-8-11(15-9)19-12(14-8)16-6-7(5-13)4-10(16)17/h2-3,7H,4-6H2,1H3. The molecule has 0 aliphatic carbocycles. The normalized spacial score (nSPS) is 19.4. The van der Waals surface area contributed by atoms with Crippen LogP contribution in [0.4, 0.5) is 5.13 Å². The van der Waals surface area contributed by atoms with E-state index in [0.29, 0.717) is 29.9 Å². The second kappa shape index (κ2) is 4.94. The van der Waals surface area contributed by atoms with E-state index in [1.165, 1.54) is 11.3 Å². The number of amides is 1. The van der Waals surface area contributed by atoms with Crippen molar-refractivity contribution < 1.29 is 9.53 Å². The van der Waals surface area contributed by atoms with Crippen LogP contribution in [0.3, 0.4) is 0 Å². The van der Waals surface area contributed by atoms with Gasteiger partial charge in [0.1, 0.15) is 10.3 Å². The maximum atomic E-state index is 11.9. The van der Waals surface area contributed by atoms with Gasteiger partial charge in [0.25, 0.3) is 0 Å². The number of thiazole rings is 1. The first-order valence-electron chi connectivity index (χ1n) is 5.89. The van der Waals surface area contributed by atoms with E-state index in [2.05, 4.69) is 9.97 Å². The highest BCUT2D eigenvalue weighted by Crippen LogP contribution is 2.32. The fourth-order valence-corrected chi connectivity index (χ4v) is 3.25. The molecule has 1 aliphatic rings. The van der Waals surface area contributed by atoms with Crippen molar-refractivity contribution in [2.45, 2.75) is 6.42 Å². The molecule has 19 heavy (non-hydrogen) atoms. The Bertz CT molecular complexity index is 630. The fraction of sp³-hybridized carbons (Fsp3) is 0.417. The molecule has 1 saturated heterocycles. The van der Waals surface area contributed by atoms with E-state index in [-0.39, 0.29) is 11.8 Å². The van der Waals surface area contributed by atoms with Gasteiger partial charge in [-0.2, -0.15) is 0 Å². The number of carbonyl (C=O) groups is 1. The largest absolute Gasteiger partial charge is 0.481 e. The van der Waals surface area contributed by atoms with E-state index < -0.39 is 0 Å². The summed E-state index contributed by atoms with van der Waals surface area (Å²) < 4.78 is 5.08. The summed E-state index contributed by atoms with van der Waals surface area (Å²) >= 11 is 7.22. The van der Waals surface area contributed by atoms with Crippen LogP contribution in [-0.4, -0.2) is 35.4 Å². The second-order valence-electron chi connectivity index (χ2n) is 4.40. The number of nitrogens with zero attached hydrogens (tertiary/aromatic N) is 3. The number of hydrogen-bond donors (Lipinski definition) is 0. The number of aromatic nitrogens is 2. The minimum absolute atomic E-state index is 0.0803. The minimum atomic E-state index is 0.0803. The number of halogens is 1. The van der Waals surface area contributed by atoms with Crippen molar-refractivity contribution in [3.8, 4) is 5.88 Å². The number of fused-ring (bicyclic) bond motifs is 1. The van der Waals surface area contributed by atoms with E-state index in [1.807, 2.05) is 6.07 Å². The van der Waals surface area contributed by atoms with Gasteiger partial charge in [0.15, 0.2) is 5.13 Å². The van der Waals surface area contributed by atoms with Crippen LogP contribution in [0.1, 0.15) is 6.42 Å². The third-order valence-electron chi connectivity index (χ3n) is 3.08. The summed E-state index contributed by atoms with van der Waals surface area (Å²) in [5.74, 6) is 1.34. The zero-order valence-corrected chi connectivity index (χ0v) is 11.9. The van der Waals surface area contributed by atoms with Gasteiger partial charge in [-0.15, -0.1) is 11.6 Å². The van der Waals surface area contributed by atoms with Crippen molar-refractivity contribution in [2.75, 3.05) is 24.4 Å². The fourth-order valence-electron chi connectivity index (χ4n) is 2.09. The molecule has 1 fully saturated rings. The first-order chi connectivity index (χ1) is 9.21. The van der Waals surface area contributed by atoms with Gasteiger partial charge in [-0.25, -0.2) is 9.97 Å². The first kappa shape index (κ1) is 12.6. The zero-order chi connectivity index (χ0) is 13.4. The van der Waals surface area contributed by atoms with Crippen LogP contribution in [0.5, 0.6) is 5.88 Å². The monoisotopic (exact) mass is 297 g/mol. The molecule has 2 aromatic rings. The molecule has 0 radical (unpaired) electrons. The molecule has 1 atom stereocenters. The van der Waals surface area contributed by atoms with Gasteiger partial charge in [-0.1, -0.05) is 11.3 Å². The Morgan fingerprint density at radius 1 is 1.53 bits per heavy atom. The van der Waals surface area contributed by atoms with Crippen LogP contribution >= 0.6 is 22.9 Å². The summed E-state index contributed by atoms with van der Waals surface area (Å²) in [6, 6.07) is 3.61. The Labute approximate surface area is 119 Å². The number of pyridine rings is 1. The molecule has 0 N–H and O–H groups in total. The third-order valence-corrected chi connectivity index (χ3v) is 4.51. The average molecular weight is 298 g/mol. The van der Waals surface area contributed by atoms with Crippen molar-refractivity contribution >= 4 is 44.3 Å². The number of hydrogen-bond acceptors (Lipinski definition) is 5. The molecule has 1 aliphatic heterocycles. The van der Waals surface area contributed by atoms with Gasteiger partial charge in [-0.05, 0) is 12.0 Å². The maximum Gasteiger partial charge on any atom is 0.229 e. The zero-order valence-electron chi connectivity index (χ0n) is 10.3. The molecular weight excluding hydrogens is 286 g/mol. The molecule has 0 spiro atoms. The van der Waals surface area contributed by atoms with Crippen molar-refractivity contribution in [1.29, 1.82) is 0 Å². The van der Waals surface area contributed by atoms with Crippen molar-refractivity contribution in [3.63, 3.8) is 0 Å². The molecule has 0 aromatic carbocycles. The maximum absolute atomic E-state index is 11.9. The summed E-state index contributed by atoms with van der Waals surface area (Å²) in [5.41, 5.74) is 0.780. The van der Waals surface area contributed by atoms with Crippen molar-refractivity contribution in [3.05, 3.63) is 12.1 Å². The molecule has 0 saturated carbocycles. The number of anilines is 1. The van der Waals surface area contributed by atoms with Crippen molar-refractivity contribution in [1.82, 2.24) is 9.97 Å². The second-order valence-corrected chi connectivity index (χ2v) is 5.67. The average Bonchev–Trinajstić information content (AvgIpc) is 3.00. The molecule has 3 rings (SSSR count). The third kappa shape index (κ3) is 2.26. The van der Waals surface area contributed by atoms with Crippen LogP contribution in [0.2, 0.25) is 0 Å². The molecule has 3 heterocycles. The number of carbonyl (C=O) groups excluding carboxylic acids is 1. The highest BCUT2D eigenvalue weighted by atomic mass is 35.5. The first-order valence-corrected chi connectivity index (χ1v) is 7.24. The van der Waals surface area contributed by atoms with Crippen LogP contribution in [0.15, 0.2) is 12.1 Å². The van der Waals surface area contributed by atoms with Crippen LogP contribution < -0.4 is 9.64 Å². The smallest absolute Gasteiger partial charge is 0.229 e. The molecule has 0 bridgehead atoms. The highest BCUT2D eigenvalue weighted by Gasteiger charge is 2.31. The van der Waals surface area contributed by atoms with E-state index >= 15 is 0 Å².